The van der Waals surface area contributed by atoms with Gasteiger partial charge in [0.1, 0.15) is 29.2 Å². The van der Waals surface area contributed by atoms with E-state index in [0.717, 1.165) is 0 Å². The number of epoxide rings is 1. The largest absolute Gasteiger partial charge is 0.489 e. The molecule has 1 aromatic carbocycles. The van der Waals surface area contributed by atoms with Crippen LogP contribution in [0.15, 0.2) is 29.2 Å². The van der Waals surface area contributed by atoms with Crippen molar-refractivity contribution < 1.29 is 32.2 Å². The summed E-state index contributed by atoms with van der Waals surface area (Å²) in [5.74, 6) is 0.185. The lowest BCUT2D eigenvalue weighted by Crippen LogP contribution is -2.35. The molecule has 29 heavy (non-hydrogen) atoms. The molecule has 0 bridgehead atoms. The molecule has 0 spiro atoms. The second-order valence-electron chi connectivity index (χ2n) is 5.79. The number of amides is 2. The van der Waals surface area contributed by atoms with E-state index in [2.05, 4.69) is 20.3 Å². The molecule has 1 aromatic heterocycles. The van der Waals surface area contributed by atoms with Crippen molar-refractivity contribution in [2.75, 3.05) is 26.1 Å². The first kappa shape index (κ1) is 20.7. The van der Waals surface area contributed by atoms with Crippen molar-refractivity contribution in [2.24, 2.45) is 0 Å². The highest BCUT2D eigenvalue weighted by Crippen LogP contribution is 2.27. The molecular weight excluding hydrogens is 406 g/mol. The standard InChI is InChI=1S/C16H19N5O7S/c1-9-17-14(20-16(18-9)26-3)19-15(22)21-29(23,24)12-7-5-4-6-10(12)27-8-11-13(25-2)28-11/h4-7,11,13H,8H2,1-3H3,(H2,17,18,19,20,21,22). The molecule has 2 atom stereocenters. The number of benzene rings is 1. The minimum atomic E-state index is -4.24. The lowest BCUT2D eigenvalue weighted by atomic mass is 10.3. The number of ether oxygens (including phenoxy) is 4. The molecule has 12 nitrogen and oxygen atoms in total. The molecule has 2 aromatic rings. The fourth-order valence-corrected chi connectivity index (χ4v) is 3.38. The molecule has 0 aliphatic carbocycles. The smallest absolute Gasteiger partial charge is 0.335 e. The topological polar surface area (TPSA) is 154 Å². The molecule has 1 saturated heterocycles. The van der Waals surface area contributed by atoms with Crippen molar-refractivity contribution in [1.82, 2.24) is 19.7 Å². The molecule has 13 heteroatoms. The zero-order valence-electron chi connectivity index (χ0n) is 15.8. The number of carbonyl (C=O) groups is 1. The number of para-hydroxylation sites is 1. The van der Waals surface area contributed by atoms with Crippen LogP contribution in [0.2, 0.25) is 0 Å². The zero-order chi connectivity index (χ0) is 21.0. The number of carbonyl (C=O) groups excluding carboxylic acids is 1. The third kappa shape index (κ3) is 5.28. The lowest BCUT2D eigenvalue weighted by molar-refractivity contribution is 0.0950. The molecule has 1 aliphatic heterocycles. The fraction of sp³-hybridized carbons (Fsp3) is 0.375. The number of nitrogens with zero attached hydrogens (tertiary/aromatic N) is 3. The van der Waals surface area contributed by atoms with E-state index in [-0.39, 0.29) is 47.4 Å². The SMILES string of the molecule is COc1nc(C)nc(NC(=O)NS(=O)(=O)c2ccccc2OCC2OC2OC)n1. The van der Waals surface area contributed by atoms with Crippen LogP contribution in [0.4, 0.5) is 10.7 Å². The Morgan fingerprint density at radius 1 is 1.21 bits per heavy atom. The van der Waals surface area contributed by atoms with Crippen LogP contribution >= 0.6 is 0 Å². The first-order valence-electron chi connectivity index (χ1n) is 8.33. The van der Waals surface area contributed by atoms with Crippen molar-refractivity contribution in [3.63, 3.8) is 0 Å². The van der Waals surface area contributed by atoms with Gasteiger partial charge in [-0.2, -0.15) is 15.0 Å². The summed E-state index contributed by atoms with van der Waals surface area (Å²) in [5.41, 5.74) is 0. The highest BCUT2D eigenvalue weighted by atomic mass is 32.2. The predicted octanol–water partition coefficient (Wildman–Crippen LogP) is 0.449. The number of nitrogens with one attached hydrogen (secondary N) is 2. The molecule has 3 rings (SSSR count). The van der Waals surface area contributed by atoms with Crippen LogP contribution in [0.1, 0.15) is 5.82 Å². The quantitative estimate of drug-likeness (QED) is 0.570. The number of hydrogen-bond donors (Lipinski definition) is 2. The first-order valence-corrected chi connectivity index (χ1v) is 9.81. The fourth-order valence-electron chi connectivity index (χ4n) is 2.32. The van der Waals surface area contributed by atoms with Crippen LogP contribution in [-0.2, 0) is 19.5 Å². The number of methoxy groups -OCH3 is 2. The van der Waals surface area contributed by atoms with Crippen molar-refractivity contribution >= 4 is 22.0 Å². The van der Waals surface area contributed by atoms with Crippen molar-refractivity contribution in [3.05, 3.63) is 30.1 Å². The third-order valence-electron chi connectivity index (χ3n) is 3.67. The van der Waals surface area contributed by atoms with Crippen LogP contribution in [0.3, 0.4) is 0 Å². The summed E-state index contributed by atoms with van der Waals surface area (Å²) >= 11 is 0. The summed E-state index contributed by atoms with van der Waals surface area (Å²) in [6, 6.07) is 4.81. The van der Waals surface area contributed by atoms with Crippen LogP contribution in [-0.4, -0.2) is 62.6 Å². The van der Waals surface area contributed by atoms with E-state index in [9.17, 15) is 13.2 Å². The maximum absolute atomic E-state index is 12.6. The maximum Gasteiger partial charge on any atom is 0.335 e. The molecular formula is C16H19N5O7S. The van der Waals surface area contributed by atoms with Gasteiger partial charge in [0.2, 0.25) is 5.95 Å². The monoisotopic (exact) mass is 425 g/mol. The number of sulfonamides is 1. The maximum atomic E-state index is 12.6. The molecule has 156 valence electrons. The van der Waals surface area contributed by atoms with Crippen LogP contribution in [0.5, 0.6) is 11.8 Å². The van der Waals surface area contributed by atoms with E-state index >= 15 is 0 Å². The van der Waals surface area contributed by atoms with Gasteiger partial charge in [-0.1, -0.05) is 12.1 Å². The molecule has 2 N–H and O–H groups in total. The van der Waals surface area contributed by atoms with Gasteiger partial charge in [-0.05, 0) is 19.1 Å². The van der Waals surface area contributed by atoms with Gasteiger partial charge in [0.05, 0.1) is 7.11 Å². The average Bonchev–Trinajstić information content (AvgIpc) is 3.44. The molecule has 2 heterocycles. The first-order chi connectivity index (χ1) is 13.8. The normalized spacial score (nSPS) is 18.0. The Morgan fingerprint density at radius 3 is 2.66 bits per heavy atom. The number of aromatic nitrogens is 3. The lowest BCUT2D eigenvalue weighted by Gasteiger charge is -2.12. The Bertz CT molecular complexity index is 1000. The summed E-state index contributed by atoms with van der Waals surface area (Å²) in [5, 5.41) is 2.23. The predicted molar refractivity (Wildman–Crippen MR) is 98.1 cm³/mol. The summed E-state index contributed by atoms with van der Waals surface area (Å²) < 4.78 is 47.7. The number of aryl methyl sites for hydroxylation is 1. The highest BCUT2D eigenvalue weighted by molar-refractivity contribution is 7.90. The van der Waals surface area contributed by atoms with E-state index in [0.29, 0.717) is 0 Å². The number of anilines is 1. The van der Waals surface area contributed by atoms with Crippen molar-refractivity contribution in [1.29, 1.82) is 0 Å². The van der Waals surface area contributed by atoms with Gasteiger partial charge < -0.3 is 18.9 Å². The van der Waals surface area contributed by atoms with E-state index < -0.39 is 16.1 Å². The van der Waals surface area contributed by atoms with Gasteiger partial charge in [0, 0.05) is 7.11 Å². The molecule has 1 fully saturated rings. The minimum absolute atomic E-state index is 0.0222. The Hall–Kier alpha value is -3.03. The second-order valence-corrected chi connectivity index (χ2v) is 7.44. The summed E-state index contributed by atoms with van der Waals surface area (Å²) in [4.78, 5) is 23.5. The highest BCUT2D eigenvalue weighted by Gasteiger charge is 2.40. The van der Waals surface area contributed by atoms with E-state index in [1.807, 2.05) is 4.72 Å². The Labute approximate surface area is 166 Å². The van der Waals surface area contributed by atoms with Crippen LogP contribution in [0.25, 0.3) is 0 Å². The molecule has 2 amide bonds. The van der Waals surface area contributed by atoms with E-state index in [1.54, 1.807) is 13.0 Å². The molecule has 0 radical (unpaired) electrons. The third-order valence-corrected chi connectivity index (χ3v) is 5.04. The van der Waals surface area contributed by atoms with Crippen molar-refractivity contribution in [3.8, 4) is 11.8 Å². The summed E-state index contributed by atoms with van der Waals surface area (Å²) in [6.45, 7) is 1.66. The van der Waals surface area contributed by atoms with Gasteiger partial charge in [-0.15, -0.1) is 0 Å². The Morgan fingerprint density at radius 2 is 1.97 bits per heavy atom. The second kappa shape index (κ2) is 8.55. The minimum Gasteiger partial charge on any atom is -0.489 e. The van der Waals surface area contributed by atoms with Gasteiger partial charge in [-0.3, -0.25) is 5.32 Å². The molecule has 0 saturated carbocycles. The number of rotatable bonds is 8. The van der Waals surface area contributed by atoms with Crippen LogP contribution < -0.4 is 19.5 Å². The number of urea groups is 1. The number of hydrogen-bond acceptors (Lipinski definition) is 10. The summed E-state index contributed by atoms with van der Waals surface area (Å²) in [6.07, 6.45) is -0.655. The Kier molecular flexibility index (Phi) is 6.10. The average molecular weight is 425 g/mol. The van der Waals surface area contributed by atoms with Gasteiger partial charge in [0.25, 0.3) is 10.0 Å². The molecule has 1 aliphatic rings. The van der Waals surface area contributed by atoms with Gasteiger partial charge >= 0.3 is 12.0 Å². The van der Waals surface area contributed by atoms with E-state index in [4.69, 9.17) is 18.9 Å². The van der Waals surface area contributed by atoms with Gasteiger partial charge in [-0.25, -0.2) is 17.9 Å². The zero-order valence-corrected chi connectivity index (χ0v) is 16.6. The van der Waals surface area contributed by atoms with Crippen molar-refractivity contribution in [2.45, 2.75) is 24.2 Å². The summed E-state index contributed by atoms with van der Waals surface area (Å²) in [7, 11) is -1.40. The Balaban J connectivity index is 1.69. The van der Waals surface area contributed by atoms with E-state index in [1.165, 1.54) is 32.4 Å². The van der Waals surface area contributed by atoms with Gasteiger partial charge in [0.15, 0.2) is 6.29 Å². The van der Waals surface area contributed by atoms with Crippen LogP contribution in [0, 0.1) is 6.92 Å². The molecule has 2 unspecified atom stereocenters.